The topological polar surface area (TPSA) is 81.3 Å². The molecule has 0 aliphatic carbocycles. The predicted molar refractivity (Wildman–Crippen MR) is 92.4 cm³/mol. The molecule has 1 aliphatic heterocycles. The summed E-state index contributed by atoms with van der Waals surface area (Å²) in [5.41, 5.74) is 7.85. The van der Waals surface area contributed by atoms with Gasteiger partial charge < -0.3 is 15.4 Å². The van der Waals surface area contributed by atoms with Crippen molar-refractivity contribution in [2.45, 2.75) is 20.0 Å². The number of carbonyl (C=O) groups excluding carboxylic acids is 1. The van der Waals surface area contributed by atoms with Gasteiger partial charge in [0, 0.05) is 5.56 Å². The van der Waals surface area contributed by atoms with Crippen molar-refractivity contribution in [2.75, 3.05) is 18.8 Å². The van der Waals surface area contributed by atoms with Gasteiger partial charge in [0.2, 0.25) is 5.91 Å². The Morgan fingerprint density at radius 3 is 2.88 bits per heavy atom. The molecule has 25 heavy (non-hydrogen) atoms. The molecule has 130 valence electrons. The zero-order valence-corrected chi connectivity index (χ0v) is 14.1. The molecule has 2 aromatic rings. The van der Waals surface area contributed by atoms with Crippen LogP contribution in [0.25, 0.3) is 11.3 Å². The third kappa shape index (κ3) is 3.45. The van der Waals surface area contributed by atoms with Gasteiger partial charge >= 0.3 is 0 Å². The van der Waals surface area contributed by atoms with Crippen LogP contribution in [0.4, 0.5) is 10.2 Å². The minimum absolute atomic E-state index is 0.0548. The third-order valence-electron chi connectivity index (χ3n) is 4.04. The minimum atomic E-state index is -0.365. The number of nitrogen functional groups attached to an aromatic ring is 1. The summed E-state index contributed by atoms with van der Waals surface area (Å²) in [4.78, 5) is 21.6. The van der Waals surface area contributed by atoms with E-state index in [0.717, 1.165) is 5.56 Å². The number of amides is 1. The van der Waals surface area contributed by atoms with Gasteiger partial charge in [-0.3, -0.25) is 4.79 Å². The molecule has 0 saturated carbocycles. The van der Waals surface area contributed by atoms with Crippen molar-refractivity contribution in [1.82, 2.24) is 14.9 Å². The van der Waals surface area contributed by atoms with E-state index in [1.54, 1.807) is 24.0 Å². The number of hydrogen-bond donors (Lipinski definition) is 1. The molecule has 3 rings (SSSR count). The van der Waals surface area contributed by atoms with Crippen LogP contribution in [0.3, 0.4) is 0 Å². The highest BCUT2D eigenvalue weighted by molar-refractivity contribution is 5.88. The van der Waals surface area contributed by atoms with Gasteiger partial charge in [-0.25, -0.2) is 14.4 Å². The van der Waals surface area contributed by atoms with E-state index in [0.29, 0.717) is 30.1 Å². The molecule has 0 atom stereocenters. The molecule has 2 heterocycles. The van der Waals surface area contributed by atoms with E-state index in [4.69, 9.17) is 10.5 Å². The van der Waals surface area contributed by atoms with Crippen molar-refractivity contribution in [3.63, 3.8) is 0 Å². The lowest BCUT2D eigenvalue weighted by atomic mass is 10.0. The maximum Gasteiger partial charge on any atom is 0.246 e. The monoisotopic (exact) mass is 342 g/mol. The lowest BCUT2D eigenvalue weighted by Crippen LogP contribution is -2.55. The Labute approximate surface area is 145 Å². The van der Waals surface area contributed by atoms with E-state index in [2.05, 4.69) is 9.97 Å². The fourth-order valence-electron chi connectivity index (χ4n) is 2.65. The van der Waals surface area contributed by atoms with Crippen LogP contribution in [-0.4, -0.2) is 40.0 Å². The lowest BCUT2D eigenvalue weighted by Gasteiger charge is -2.38. The van der Waals surface area contributed by atoms with E-state index < -0.39 is 0 Å². The number of carbonyl (C=O) groups is 1. The van der Waals surface area contributed by atoms with Crippen LogP contribution >= 0.6 is 0 Å². The molecule has 1 aliphatic rings. The summed E-state index contributed by atoms with van der Waals surface area (Å²) in [6.07, 6.45) is 4.34. The van der Waals surface area contributed by atoms with Gasteiger partial charge in [0.25, 0.3) is 0 Å². The standard InChI is InChI=1S/C18H19FN4O2/c1-3-4-15(24)23-8-13(9-23)25-17-16(21-10-22-18(17)20)14-7-12(19)6-5-11(14)2/h3-7,10,13H,8-9H2,1-2H3,(H2,20,21,22). The van der Waals surface area contributed by atoms with E-state index in [1.807, 2.05) is 6.92 Å². The average Bonchev–Trinajstić information content (AvgIpc) is 2.54. The number of aromatic nitrogens is 2. The van der Waals surface area contributed by atoms with Crippen molar-refractivity contribution >= 4 is 11.7 Å². The first kappa shape index (κ1) is 16.9. The Balaban J connectivity index is 1.84. The van der Waals surface area contributed by atoms with E-state index in [1.165, 1.54) is 24.5 Å². The van der Waals surface area contributed by atoms with Crippen LogP contribution in [-0.2, 0) is 4.79 Å². The number of benzene rings is 1. The second-order valence-corrected chi connectivity index (χ2v) is 5.88. The summed E-state index contributed by atoms with van der Waals surface area (Å²) in [5.74, 6) is 0.0857. The fraction of sp³-hybridized carbons (Fsp3) is 0.278. The van der Waals surface area contributed by atoms with Gasteiger partial charge in [-0.05, 0) is 37.6 Å². The highest BCUT2D eigenvalue weighted by Crippen LogP contribution is 2.35. The molecule has 7 heteroatoms. The number of allylic oxidation sites excluding steroid dienone is 1. The molecule has 0 radical (unpaired) electrons. The number of hydrogen-bond acceptors (Lipinski definition) is 5. The van der Waals surface area contributed by atoms with Crippen LogP contribution in [0.1, 0.15) is 12.5 Å². The number of likely N-dealkylation sites (tertiary alicyclic amines) is 1. The van der Waals surface area contributed by atoms with Crippen LogP contribution < -0.4 is 10.5 Å². The zero-order valence-electron chi connectivity index (χ0n) is 14.1. The summed E-state index contributed by atoms with van der Waals surface area (Å²) in [5, 5.41) is 0. The number of nitrogens with two attached hydrogens (primary N) is 1. The maximum atomic E-state index is 13.7. The molecule has 1 aromatic heterocycles. The first-order valence-corrected chi connectivity index (χ1v) is 7.95. The van der Waals surface area contributed by atoms with Gasteiger partial charge in [-0.15, -0.1) is 0 Å². The Morgan fingerprint density at radius 2 is 2.16 bits per heavy atom. The Morgan fingerprint density at radius 1 is 1.40 bits per heavy atom. The molecule has 6 nitrogen and oxygen atoms in total. The first-order valence-electron chi connectivity index (χ1n) is 7.95. The Kier molecular flexibility index (Phi) is 4.65. The second-order valence-electron chi connectivity index (χ2n) is 5.88. The van der Waals surface area contributed by atoms with Crippen LogP contribution in [0, 0.1) is 12.7 Å². The van der Waals surface area contributed by atoms with Crippen molar-refractivity contribution < 1.29 is 13.9 Å². The number of anilines is 1. The molecule has 0 bridgehead atoms. The van der Waals surface area contributed by atoms with Crippen LogP contribution in [0.5, 0.6) is 5.75 Å². The van der Waals surface area contributed by atoms with E-state index in [-0.39, 0.29) is 23.6 Å². The van der Waals surface area contributed by atoms with Crippen LogP contribution in [0.15, 0.2) is 36.7 Å². The van der Waals surface area contributed by atoms with Gasteiger partial charge in [-0.2, -0.15) is 0 Å². The number of halogens is 1. The molecule has 1 amide bonds. The Bertz CT molecular complexity index is 832. The van der Waals surface area contributed by atoms with E-state index >= 15 is 0 Å². The normalized spacial score (nSPS) is 14.6. The molecule has 0 spiro atoms. The van der Waals surface area contributed by atoms with Crippen molar-refractivity contribution in [2.24, 2.45) is 0 Å². The fourth-order valence-corrected chi connectivity index (χ4v) is 2.65. The van der Waals surface area contributed by atoms with Crippen molar-refractivity contribution in [3.8, 4) is 17.0 Å². The smallest absolute Gasteiger partial charge is 0.246 e. The highest BCUT2D eigenvalue weighted by Gasteiger charge is 2.32. The summed E-state index contributed by atoms with van der Waals surface area (Å²) in [6.45, 7) is 4.57. The number of ether oxygens (including phenoxy) is 1. The summed E-state index contributed by atoms with van der Waals surface area (Å²) in [7, 11) is 0. The second kappa shape index (κ2) is 6.88. The molecular weight excluding hydrogens is 323 g/mol. The van der Waals surface area contributed by atoms with Crippen LogP contribution in [0.2, 0.25) is 0 Å². The average molecular weight is 342 g/mol. The molecular formula is C18H19FN4O2. The number of rotatable bonds is 4. The summed E-state index contributed by atoms with van der Waals surface area (Å²) in [6, 6.07) is 4.46. The van der Waals surface area contributed by atoms with Crippen molar-refractivity contribution in [3.05, 3.63) is 48.1 Å². The molecule has 1 fully saturated rings. The highest BCUT2D eigenvalue weighted by atomic mass is 19.1. The minimum Gasteiger partial charge on any atom is -0.481 e. The zero-order chi connectivity index (χ0) is 18.0. The van der Waals surface area contributed by atoms with E-state index in [9.17, 15) is 9.18 Å². The van der Waals surface area contributed by atoms with Gasteiger partial charge in [0.1, 0.15) is 23.9 Å². The number of nitrogens with zero attached hydrogens (tertiary/aromatic N) is 3. The molecule has 2 N–H and O–H groups in total. The third-order valence-corrected chi connectivity index (χ3v) is 4.04. The summed E-state index contributed by atoms with van der Waals surface area (Å²) < 4.78 is 19.6. The summed E-state index contributed by atoms with van der Waals surface area (Å²) >= 11 is 0. The Hall–Kier alpha value is -2.96. The lowest BCUT2D eigenvalue weighted by molar-refractivity contribution is -0.134. The molecule has 0 unspecified atom stereocenters. The van der Waals surface area contributed by atoms with Crippen molar-refractivity contribution in [1.29, 1.82) is 0 Å². The quantitative estimate of drug-likeness (QED) is 0.863. The molecule has 1 aromatic carbocycles. The maximum absolute atomic E-state index is 13.7. The SMILES string of the molecule is CC=CC(=O)N1CC(Oc2c(N)ncnc2-c2cc(F)ccc2C)C1. The number of aryl methyl sites for hydroxylation is 1. The molecule has 1 saturated heterocycles. The van der Waals surface area contributed by atoms with Gasteiger partial charge in [-0.1, -0.05) is 12.1 Å². The first-order chi connectivity index (χ1) is 12.0. The van der Waals surface area contributed by atoms with Gasteiger partial charge in [0.15, 0.2) is 11.6 Å². The predicted octanol–water partition coefficient (Wildman–Crippen LogP) is 2.34. The largest absolute Gasteiger partial charge is 0.481 e. The van der Waals surface area contributed by atoms with Gasteiger partial charge in [0.05, 0.1) is 13.1 Å².